The van der Waals surface area contributed by atoms with E-state index in [9.17, 15) is 4.79 Å². The molecule has 0 radical (unpaired) electrons. The first-order valence-corrected chi connectivity index (χ1v) is 14.9. The van der Waals surface area contributed by atoms with Gasteiger partial charge in [0.05, 0.1) is 0 Å². The number of rotatable bonds is 26. The second-order valence-electron chi connectivity index (χ2n) is 10.1. The molecule has 0 aliphatic rings. The Balaban J connectivity index is 3.42. The van der Waals surface area contributed by atoms with E-state index in [1.165, 1.54) is 135 Å². The molecule has 32 heavy (non-hydrogen) atoms. The number of hydrogen-bond acceptors (Lipinski definition) is 2. The monoisotopic (exact) mass is 452 g/mol. The molecule has 0 rings (SSSR count). The molecular weight excluding hydrogens is 392 g/mol. The molecule has 0 saturated heterocycles. The average Bonchev–Trinajstić information content (AvgIpc) is 2.80. The summed E-state index contributed by atoms with van der Waals surface area (Å²) >= 11 is 0. The normalized spacial score (nSPS) is 12.2. The highest BCUT2D eigenvalue weighted by atomic mass is 16.5. The molecule has 0 bridgehead atoms. The lowest BCUT2D eigenvalue weighted by Gasteiger charge is -2.16. The standard InChI is InChI=1S/C30H60O2/c1-4-7-9-11-13-15-16-17-18-20-22-24-26-28-30(31)32-29(6-3)27-25-23-21-19-14-12-10-8-5-2/h29H,4-28H2,1-3H3. The van der Waals surface area contributed by atoms with E-state index >= 15 is 0 Å². The van der Waals surface area contributed by atoms with E-state index in [1.54, 1.807) is 0 Å². The van der Waals surface area contributed by atoms with Gasteiger partial charge < -0.3 is 4.74 Å². The summed E-state index contributed by atoms with van der Waals surface area (Å²) in [7, 11) is 0. The van der Waals surface area contributed by atoms with Crippen LogP contribution >= 0.6 is 0 Å². The fourth-order valence-corrected chi connectivity index (χ4v) is 4.56. The van der Waals surface area contributed by atoms with Crippen LogP contribution in [0.25, 0.3) is 0 Å². The van der Waals surface area contributed by atoms with Crippen LogP contribution in [0.4, 0.5) is 0 Å². The van der Waals surface area contributed by atoms with Gasteiger partial charge in [-0.2, -0.15) is 0 Å². The van der Waals surface area contributed by atoms with Crippen molar-refractivity contribution in [2.24, 2.45) is 0 Å². The third-order valence-corrected chi connectivity index (χ3v) is 6.87. The van der Waals surface area contributed by atoms with Crippen molar-refractivity contribution < 1.29 is 9.53 Å². The van der Waals surface area contributed by atoms with Gasteiger partial charge >= 0.3 is 5.97 Å². The smallest absolute Gasteiger partial charge is 0.306 e. The van der Waals surface area contributed by atoms with Crippen LogP contribution in [0.15, 0.2) is 0 Å². The molecule has 1 atom stereocenters. The lowest BCUT2D eigenvalue weighted by Crippen LogP contribution is -2.17. The van der Waals surface area contributed by atoms with Gasteiger partial charge in [0.2, 0.25) is 0 Å². The van der Waals surface area contributed by atoms with Gasteiger partial charge in [0.1, 0.15) is 6.10 Å². The quantitative estimate of drug-likeness (QED) is 0.0963. The molecule has 2 heteroatoms. The van der Waals surface area contributed by atoms with Crippen LogP contribution in [-0.2, 0) is 9.53 Å². The van der Waals surface area contributed by atoms with Crippen LogP contribution in [0, 0.1) is 0 Å². The van der Waals surface area contributed by atoms with Crippen LogP contribution in [0.5, 0.6) is 0 Å². The lowest BCUT2D eigenvalue weighted by atomic mass is 10.0. The molecule has 0 aromatic rings. The molecule has 2 nitrogen and oxygen atoms in total. The molecule has 0 N–H and O–H groups in total. The summed E-state index contributed by atoms with van der Waals surface area (Å²) in [6.45, 7) is 6.71. The Labute approximate surface area is 203 Å². The van der Waals surface area contributed by atoms with Crippen LogP contribution in [0.3, 0.4) is 0 Å². The zero-order chi connectivity index (χ0) is 23.5. The summed E-state index contributed by atoms with van der Waals surface area (Å²) in [5.74, 6) is 0.0378. The minimum atomic E-state index is 0.0378. The Hall–Kier alpha value is -0.530. The maximum absolute atomic E-state index is 12.2. The van der Waals surface area contributed by atoms with Crippen LogP contribution in [0.1, 0.15) is 181 Å². The Bertz CT molecular complexity index is 366. The molecule has 0 aliphatic carbocycles. The Morgan fingerprint density at radius 1 is 0.500 bits per heavy atom. The fourth-order valence-electron chi connectivity index (χ4n) is 4.56. The largest absolute Gasteiger partial charge is 0.462 e. The van der Waals surface area contributed by atoms with E-state index in [1.807, 2.05) is 0 Å². The van der Waals surface area contributed by atoms with Crippen molar-refractivity contribution in [3.8, 4) is 0 Å². The van der Waals surface area contributed by atoms with E-state index in [0.717, 1.165) is 19.3 Å². The highest BCUT2D eigenvalue weighted by Gasteiger charge is 2.12. The number of unbranched alkanes of at least 4 members (excludes halogenated alkanes) is 20. The van der Waals surface area contributed by atoms with E-state index in [-0.39, 0.29) is 12.1 Å². The van der Waals surface area contributed by atoms with Crippen molar-refractivity contribution in [2.45, 2.75) is 187 Å². The Morgan fingerprint density at radius 2 is 0.844 bits per heavy atom. The number of carbonyl (C=O) groups is 1. The summed E-state index contributed by atoms with van der Waals surface area (Å²) in [5.41, 5.74) is 0. The summed E-state index contributed by atoms with van der Waals surface area (Å²) < 4.78 is 5.74. The van der Waals surface area contributed by atoms with Crippen molar-refractivity contribution in [3.63, 3.8) is 0 Å². The highest BCUT2D eigenvalue weighted by Crippen LogP contribution is 2.16. The van der Waals surface area contributed by atoms with Crippen molar-refractivity contribution >= 4 is 5.97 Å². The van der Waals surface area contributed by atoms with Crippen LogP contribution in [-0.4, -0.2) is 12.1 Å². The molecule has 0 aliphatic heterocycles. The summed E-state index contributed by atoms with van der Waals surface area (Å²) in [6.07, 6.45) is 32.4. The SMILES string of the molecule is CCCCCCCCCCCCCCCC(=O)OC(CC)CCCCCCCCCCC. The van der Waals surface area contributed by atoms with Gasteiger partial charge in [-0.25, -0.2) is 0 Å². The van der Waals surface area contributed by atoms with Crippen molar-refractivity contribution in [3.05, 3.63) is 0 Å². The van der Waals surface area contributed by atoms with Gasteiger partial charge in [0, 0.05) is 6.42 Å². The molecule has 0 amide bonds. The van der Waals surface area contributed by atoms with Gasteiger partial charge in [0.15, 0.2) is 0 Å². The van der Waals surface area contributed by atoms with Crippen molar-refractivity contribution in [2.75, 3.05) is 0 Å². The molecule has 192 valence electrons. The fraction of sp³-hybridized carbons (Fsp3) is 0.967. The van der Waals surface area contributed by atoms with Crippen molar-refractivity contribution in [1.82, 2.24) is 0 Å². The molecular formula is C30H60O2. The Morgan fingerprint density at radius 3 is 1.22 bits per heavy atom. The van der Waals surface area contributed by atoms with Gasteiger partial charge in [-0.1, -0.05) is 149 Å². The average molecular weight is 453 g/mol. The van der Waals surface area contributed by atoms with Crippen molar-refractivity contribution in [1.29, 1.82) is 0 Å². The Kier molecular flexibility index (Phi) is 26.3. The number of ether oxygens (including phenoxy) is 1. The molecule has 0 saturated carbocycles. The summed E-state index contributed by atoms with van der Waals surface area (Å²) in [6, 6.07) is 0. The molecule has 0 heterocycles. The van der Waals surface area contributed by atoms with E-state index in [0.29, 0.717) is 6.42 Å². The zero-order valence-electron chi connectivity index (χ0n) is 22.6. The molecule has 0 fully saturated rings. The third-order valence-electron chi connectivity index (χ3n) is 6.87. The molecule has 0 spiro atoms. The third kappa shape index (κ3) is 24.1. The summed E-state index contributed by atoms with van der Waals surface area (Å²) in [5, 5.41) is 0. The summed E-state index contributed by atoms with van der Waals surface area (Å²) in [4.78, 5) is 12.2. The first kappa shape index (κ1) is 31.5. The van der Waals surface area contributed by atoms with Gasteiger partial charge in [-0.3, -0.25) is 4.79 Å². The topological polar surface area (TPSA) is 26.3 Å². The van der Waals surface area contributed by atoms with Gasteiger partial charge in [-0.15, -0.1) is 0 Å². The maximum atomic E-state index is 12.2. The molecule has 0 aromatic heterocycles. The molecule has 0 aromatic carbocycles. The minimum absolute atomic E-state index is 0.0378. The van der Waals surface area contributed by atoms with Crippen LogP contribution < -0.4 is 0 Å². The van der Waals surface area contributed by atoms with E-state index in [2.05, 4.69) is 20.8 Å². The lowest BCUT2D eigenvalue weighted by molar-refractivity contribution is -0.149. The van der Waals surface area contributed by atoms with E-state index in [4.69, 9.17) is 4.74 Å². The van der Waals surface area contributed by atoms with Gasteiger partial charge in [0.25, 0.3) is 0 Å². The zero-order valence-corrected chi connectivity index (χ0v) is 22.6. The number of esters is 1. The highest BCUT2D eigenvalue weighted by molar-refractivity contribution is 5.69. The minimum Gasteiger partial charge on any atom is -0.462 e. The van der Waals surface area contributed by atoms with E-state index < -0.39 is 0 Å². The predicted molar refractivity (Wildman–Crippen MR) is 142 cm³/mol. The first-order valence-electron chi connectivity index (χ1n) is 14.9. The number of hydrogen-bond donors (Lipinski definition) is 0. The second-order valence-corrected chi connectivity index (χ2v) is 10.1. The second kappa shape index (κ2) is 26.7. The maximum Gasteiger partial charge on any atom is 0.306 e. The van der Waals surface area contributed by atoms with Crippen LogP contribution in [0.2, 0.25) is 0 Å². The molecule has 1 unspecified atom stereocenters. The first-order chi connectivity index (χ1) is 15.7. The predicted octanol–water partition coefficient (Wildman–Crippen LogP) is 10.7. The van der Waals surface area contributed by atoms with Gasteiger partial charge in [-0.05, 0) is 25.7 Å². The number of carbonyl (C=O) groups excluding carboxylic acids is 1.